The zero-order valence-electron chi connectivity index (χ0n) is 10.7. The van der Waals surface area contributed by atoms with Crippen LogP contribution in [0.5, 0.6) is 0 Å². The van der Waals surface area contributed by atoms with Crippen LogP contribution in [0, 0.1) is 0 Å². The molecule has 2 aromatic heterocycles. The molecule has 0 aliphatic carbocycles. The Balaban J connectivity index is 2.28. The molecule has 0 aromatic carbocycles. The lowest BCUT2D eigenvalue weighted by Gasteiger charge is -2.19. The lowest BCUT2D eigenvalue weighted by Crippen LogP contribution is -2.23. The van der Waals surface area contributed by atoms with E-state index in [9.17, 15) is 0 Å². The molecule has 2 N–H and O–H groups in total. The number of hydrogen-bond acceptors (Lipinski definition) is 6. The van der Waals surface area contributed by atoms with E-state index >= 15 is 0 Å². The molecule has 0 atom stereocenters. The zero-order valence-corrected chi connectivity index (χ0v) is 10.7. The Kier molecular flexibility index (Phi) is 3.29. The van der Waals surface area contributed by atoms with E-state index in [-0.39, 0.29) is 0 Å². The fourth-order valence-corrected chi connectivity index (χ4v) is 1.54. The number of anilines is 1. The number of aromatic nitrogens is 3. The Morgan fingerprint density at radius 3 is 2.78 bits per heavy atom. The number of nitrogens with two attached hydrogens (primary N) is 1. The SMILES string of the molecule is CCOC(C)(C)c1noc(-c2ccc(N)nc2)n1. The van der Waals surface area contributed by atoms with Crippen LogP contribution in [0.2, 0.25) is 0 Å². The molecule has 2 aromatic rings. The molecule has 0 unspecified atom stereocenters. The van der Waals surface area contributed by atoms with Crippen molar-refractivity contribution in [2.45, 2.75) is 26.4 Å². The van der Waals surface area contributed by atoms with Gasteiger partial charge in [-0.05, 0) is 32.9 Å². The van der Waals surface area contributed by atoms with Crippen LogP contribution >= 0.6 is 0 Å². The second kappa shape index (κ2) is 4.73. The van der Waals surface area contributed by atoms with Gasteiger partial charge in [-0.1, -0.05) is 5.16 Å². The summed E-state index contributed by atoms with van der Waals surface area (Å²) in [6, 6.07) is 3.47. The van der Waals surface area contributed by atoms with Crippen molar-refractivity contribution in [3.05, 3.63) is 24.2 Å². The van der Waals surface area contributed by atoms with Crippen LogP contribution in [0.3, 0.4) is 0 Å². The van der Waals surface area contributed by atoms with Crippen molar-refractivity contribution in [1.29, 1.82) is 0 Å². The topological polar surface area (TPSA) is 87.1 Å². The average Bonchev–Trinajstić information content (AvgIpc) is 2.80. The molecule has 0 spiro atoms. The molecule has 0 saturated heterocycles. The predicted octanol–water partition coefficient (Wildman–Crippen LogP) is 1.99. The Morgan fingerprint density at radius 1 is 1.39 bits per heavy atom. The van der Waals surface area contributed by atoms with Crippen LogP contribution in [0.1, 0.15) is 26.6 Å². The van der Waals surface area contributed by atoms with Crippen molar-refractivity contribution in [2.24, 2.45) is 0 Å². The minimum atomic E-state index is -0.572. The maximum Gasteiger partial charge on any atom is 0.259 e. The van der Waals surface area contributed by atoms with Gasteiger partial charge in [-0.15, -0.1) is 0 Å². The highest BCUT2D eigenvalue weighted by Crippen LogP contribution is 2.25. The summed E-state index contributed by atoms with van der Waals surface area (Å²) in [5.74, 6) is 1.37. The number of nitrogen functional groups attached to an aromatic ring is 1. The summed E-state index contributed by atoms with van der Waals surface area (Å²) in [6.45, 7) is 6.30. The molecule has 0 aliphatic rings. The Hall–Kier alpha value is -1.95. The molecule has 18 heavy (non-hydrogen) atoms. The third-order valence-corrected chi connectivity index (χ3v) is 2.50. The van der Waals surface area contributed by atoms with E-state index in [4.69, 9.17) is 15.0 Å². The normalized spacial score (nSPS) is 11.7. The van der Waals surface area contributed by atoms with Crippen molar-refractivity contribution in [3.8, 4) is 11.5 Å². The van der Waals surface area contributed by atoms with Crippen molar-refractivity contribution in [1.82, 2.24) is 15.1 Å². The summed E-state index contributed by atoms with van der Waals surface area (Å²) in [4.78, 5) is 8.30. The van der Waals surface area contributed by atoms with Crippen LogP contribution in [-0.4, -0.2) is 21.7 Å². The summed E-state index contributed by atoms with van der Waals surface area (Å²) >= 11 is 0. The van der Waals surface area contributed by atoms with Crippen LogP contribution in [-0.2, 0) is 10.3 Å². The molecule has 0 saturated carbocycles. The lowest BCUT2D eigenvalue weighted by molar-refractivity contribution is -0.0221. The zero-order chi connectivity index (χ0) is 13.2. The molecule has 2 heterocycles. The molecular weight excluding hydrogens is 232 g/mol. The summed E-state index contributed by atoms with van der Waals surface area (Å²) in [5, 5.41) is 3.94. The van der Waals surface area contributed by atoms with E-state index in [1.54, 1.807) is 18.3 Å². The third-order valence-electron chi connectivity index (χ3n) is 2.50. The molecule has 0 bridgehead atoms. The van der Waals surface area contributed by atoms with Crippen LogP contribution in [0.15, 0.2) is 22.9 Å². The van der Waals surface area contributed by atoms with Gasteiger partial charge >= 0.3 is 0 Å². The molecule has 2 rings (SSSR count). The highest BCUT2D eigenvalue weighted by Gasteiger charge is 2.27. The first-order valence-corrected chi connectivity index (χ1v) is 5.73. The van der Waals surface area contributed by atoms with E-state index in [1.807, 2.05) is 20.8 Å². The largest absolute Gasteiger partial charge is 0.384 e. The Morgan fingerprint density at radius 2 is 2.17 bits per heavy atom. The Bertz CT molecular complexity index is 519. The lowest BCUT2D eigenvalue weighted by atomic mass is 10.1. The summed E-state index contributed by atoms with van der Waals surface area (Å²) in [5.41, 5.74) is 5.68. The van der Waals surface area contributed by atoms with Gasteiger partial charge in [-0.3, -0.25) is 0 Å². The second-order valence-electron chi connectivity index (χ2n) is 4.34. The fourth-order valence-electron chi connectivity index (χ4n) is 1.54. The first-order valence-electron chi connectivity index (χ1n) is 5.73. The predicted molar refractivity (Wildman–Crippen MR) is 66.6 cm³/mol. The van der Waals surface area contributed by atoms with Crippen molar-refractivity contribution >= 4 is 5.82 Å². The average molecular weight is 248 g/mol. The minimum absolute atomic E-state index is 0.408. The van der Waals surface area contributed by atoms with Gasteiger partial charge in [0, 0.05) is 12.8 Å². The van der Waals surface area contributed by atoms with E-state index in [1.165, 1.54) is 0 Å². The number of pyridine rings is 1. The van der Waals surface area contributed by atoms with Gasteiger partial charge in [0.2, 0.25) is 5.82 Å². The van der Waals surface area contributed by atoms with E-state index < -0.39 is 5.60 Å². The monoisotopic (exact) mass is 248 g/mol. The Labute approximate surface area is 105 Å². The molecule has 0 radical (unpaired) electrons. The van der Waals surface area contributed by atoms with Gasteiger partial charge in [0.1, 0.15) is 11.4 Å². The molecule has 0 amide bonds. The molecule has 0 aliphatic heterocycles. The third kappa shape index (κ3) is 2.48. The smallest absolute Gasteiger partial charge is 0.259 e. The fraction of sp³-hybridized carbons (Fsp3) is 0.417. The van der Waals surface area contributed by atoms with Crippen molar-refractivity contribution in [2.75, 3.05) is 12.3 Å². The van der Waals surface area contributed by atoms with Crippen LogP contribution < -0.4 is 5.73 Å². The van der Waals surface area contributed by atoms with Gasteiger partial charge < -0.3 is 15.0 Å². The first-order chi connectivity index (χ1) is 8.53. The van der Waals surface area contributed by atoms with Crippen LogP contribution in [0.4, 0.5) is 5.82 Å². The van der Waals surface area contributed by atoms with Crippen molar-refractivity contribution < 1.29 is 9.26 Å². The maximum atomic E-state index is 5.56. The van der Waals surface area contributed by atoms with E-state index in [2.05, 4.69) is 15.1 Å². The highest BCUT2D eigenvalue weighted by molar-refractivity contribution is 5.53. The van der Waals surface area contributed by atoms with Crippen molar-refractivity contribution in [3.63, 3.8) is 0 Å². The summed E-state index contributed by atoms with van der Waals surface area (Å²) < 4.78 is 10.8. The van der Waals surface area contributed by atoms with Gasteiger partial charge in [0.05, 0.1) is 5.56 Å². The van der Waals surface area contributed by atoms with E-state index in [0.717, 1.165) is 5.56 Å². The summed E-state index contributed by atoms with van der Waals surface area (Å²) in [6.07, 6.45) is 1.60. The van der Waals surface area contributed by atoms with Gasteiger partial charge in [0.25, 0.3) is 5.89 Å². The molecule has 6 nitrogen and oxygen atoms in total. The molecule has 0 fully saturated rings. The standard InChI is InChI=1S/C12H16N4O2/c1-4-17-12(2,3)11-15-10(18-16-11)8-5-6-9(13)14-7-8/h5-7H,4H2,1-3H3,(H2,13,14). The quantitative estimate of drug-likeness (QED) is 0.890. The van der Waals surface area contributed by atoms with Gasteiger partial charge in [-0.2, -0.15) is 4.98 Å². The molecule has 6 heteroatoms. The first kappa shape index (κ1) is 12.5. The number of ether oxygens (including phenoxy) is 1. The number of rotatable bonds is 4. The molecule has 96 valence electrons. The van der Waals surface area contributed by atoms with Gasteiger partial charge in [0.15, 0.2) is 0 Å². The maximum absolute atomic E-state index is 5.56. The van der Waals surface area contributed by atoms with Gasteiger partial charge in [-0.25, -0.2) is 4.98 Å². The highest BCUT2D eigenvalue weighted by atomic mass is 16.5. The van der Waals surface area contributed by atoms with Crippen LogP contribution in [0.25, 0.3) is 11.5 Å². The van der Waals surface area contributed by atoms with E-state index in [0.29, 0.717) is 24.1 Å². The second-order valence-corrected chi connectivity index (χ2v) is 4.34. The minimum Gasteiger partial charge on any atom is -0.384 e. The molecular formula is C12H16N4O2. The summed E-state index contributed by atoms with van der Waals surface area (Å²) in [7, 11) is 0. The number of hydrogen-bond donors (Lipinski definition) is 1. The number of nitrogens with zero attached hydrogens (tertiary/aromatic N) is 3.